The van der Waals surface area contributed by atoms with Gasteiger partial charge in [-0.25, -0.2) is 4.79 Å². The molecular weight excluding hydrogens is 548 g/mol. The Kier molecular flexibility index (Phi) is 7.16. The Bertz CT molecular complexity index is 1410. The molecule has 7 atom stereocenters. The first-order valence-electron chi connectivity index (χ1n) is 13.9. The molecule has 3 fully saturated rings. The van der Waals surface area contributed by atoms with Crippen LogP contribution < -0.4 is 0 Å². The molecule has 1 aromatic carbocycles. The molecule has 1 saturated carbocycles. The number of carbonyl (C=O) groups is 6. The maximum Gasteiger partial charge on any atom is 0.338 e. The summed E-state index contributed by atoms with van der Waals surface area (Å²) in [6, 6.07) is 8.20. The predicted molar refractivity (Wildman–Crippen MR) is 143 cm³/mol. The van der Waals surface area contributed by atoms with Crippen molar-refractivity contribution in [1.82, 2.24) is 0 Å². The number of Topliss-reactive ketones (excluding diaryl/α,β-unsaturated/α-hetero) is 2. The fourth-order valence-electron chi connectivity index (χ4n) is 7.46. The van der Waals surface area contributed by atoms with E-state index in [1.807, 2.05) is 0 Å². The van der Waals surface area contributed by atoms with Gasteiger partial charge in [-0.1, -0.05) is 39.0 Å². The molecule has 4 aliphatic rings. The highest BCUT2D eigenvalue weighted by molar-refractivity contribution is 6.02. The zero-order chi connectivity index (χ0) is 30.8. The van der Waals surface area contributed by atoms with E-state index in [9.17, 15) is 28.8 Å². The minimum Gasteiger partial charge on any atom is -0.461 e. The third-order valence-corrected chi connectivity index (χ3v) is 9.40. The molecule has 0 amide bonds. The number of hydrogen-bond acceptors (Lipinski definition) is 11. The second-order valence-electron chi connectivity index (χ2n) is 12.1. The summed E-state index contributed by atoms with van der Waals surface area (Å²) in [6.07, 6.45) is -4.39. The van der Waals surface area contributed by atoms with Gasteiger partial charge in [-0.05, 0) is 30.2 Å². The number of ketones is 2. The van der Waals surface area contributed by atoms with Crippen molar-refractivity contribution >= 4 is 35.4 Å². The number of hydrogen-bond donors (Lipinski definition) is 0. The van der Waals surface area contributed by atoms with Crippen molar-refractivity contribution in [2.24, 2.45) is 17.3 Å². The minimum atomic E-state index is -1.78. The molecule has 11 heteroatoms. The van der Waals surface area contributed by atoms with Gasteiger partial charge in [0.2, 0.25) is 0 Å². The van der Waals surface area contributed by atoms with E-state index in [1.54, 1.807) is 58.0 Å². The molecule has 2 saturated heterocycles. The van der Waals surface area contributed by atoms with Gasteiger partial charge in [0.05, 0.1) is 18.4 Å². The van der Waals surface area contributed by atoms with Crippen LogP contribution >= 0.6 is 0 Å². The van der Waals surface area contributed by atoms with E-state index in [0.29, 0.717) is 0 Å². The van der Waals surface area contributed by atoms with E-state index in [-0.39, 0.29) is 29.6 Å². The van der Waals surface area contributed by atoms with Gasteiger partial charge < -0.3 is 23.7 Å². The van der Waals surface area contributed by atoms with Crippen LogP contribution in [0.5, 0.6) is 0 Å². The molecule has 0 unspecified atom stereocenters. The molecule has 2 aliphatic heterocycles. The molecule has 2 heterocycles. The summed E-state index contributed by atoms with van der Waals surface area (Å²) in [7, 11) is 0. The summed E-state index contributed by atoms with van der Waals surface area (Å²) < 4.78 is 29.9. The van der Waals surface area contributed by atoms with Crippen LogP contribution in [0.2, 0.25) is 0 Å². The van der Waals surface area contributed by atoms with Crippen LogP contribution in [0.4, 0.5) is 0 Å². The molecule has 2 aliphatic carbocycles. The van der Waals surface area contributed by atoms with Crippen molar-refractivity contribution in [2.75, 3.05) is 6.61 Å². The van der Waals surface area contributed by atoms with E-state index < -0.39 is 88.8 Å². The number of rotatable bonds is 4. The normalized spacial score (nSPS) is 35.2. The number of benzene rings is 1. The Morgan fingerprint density at radius 3 is 2.26 bits per heavy atom. The molecular formula is C31H34O11. The molecule has 2 bridgehead atoms. The molecule has 0 spiro atoms. The minimum absolute atomic E-state index is 0.206. The molecule has 0 aromatic heterocycles. The number of ether oxygens (including phenoxy) is 5. The number of carbonyl (C=O) groups excluding carboxylic acids is 6. The lowest BCUT2D eigenvalue weighted by atomic mass is 9.52. The van der Waals surface area contributed by atoms with Gasteiger partial charge >= 0.3 is 23.9 Å². The highest BCUT2D eigenvalue weighted by Crippen LogP contribution is 2.61. The Morgan fingerprint density at radius 1 is 0.976 bits per heavy atom. The van der Waals surface area contributed by atoms with Gasteiger partial charge in [0.15, 0.2) is 28.9 Å². The summed E-state index contributed by atoms with van der Waals surface area (Å²) >= 11 is 0. The van der Waals surface area contributed by atoms with Crippen molar-refractivity contribution in [3.8, 4) is 0 Å². The van der Waals surface area contributed by atoms with Gasteiger partial charge in [-0.15, -0.1) is 0 Å². The van der Waals surface area contributed by atoms with E-state index >= 15 is 0 Å². The first-order valence-corrected chi connectivity index (χ1v) is 13.9. The Balaban J connectivity index is 1.81. The lowest BCUT2D eigenvalue weighted by Gasteiger charge is -2.56. The SMILES string of the molecule is CC(=O)O[C@H]1C(=O)[C@@H](C)[C@@H]2[C@H](O[C@H]3CC(=O)OC[C@@]23OC(C)=O)[C@]2(OC(=O)c3ccccc3)CC(=O)C(C)=C1C2(C)C. The summed E-state index contributed by atoms with van der Waals surface area (Å²) in [6.45, 7) is 8.49. The molecule has 224 valence electrons. The van der Waals surface area contributed by atoms with Gasteiger partial charge in [-0.3, -0.25) is 24.0 Å². The second kappa shape index (κ2) is 10.1. The fraction of sp³-hybridized carbons (Fsp3) is 0.548. The number of cyclic esters (lactones) is 1. The topological polar surface area (TPSA) is 149 Å². The Labute approximate surface area is 242 Å². The maximum absolute atomic E-state index is 14.3. The Hall–Kier alpha value is -3.86. The maximum atomic E-state index is 14.3. The van der Waals surface area contributed by atoms with E-state index in [1.165, 1.54) is 6.92 Å². The van der Waals surface area contributed by atoms with E-state index in [4.69, 9.17) is 23.7 Å². The first kappa shape index (κ1) is 29.6. The summed E-state index contributed by atoms with van der Waals surface area (Å²) in [5.41, 5.74) is -4.11. The van der Waals surface area contributed by atoms with Crippen LogP contribution in [0, 0.1) is 17.3 Å². The summed E-state index contributed by atoms with van der Waals surface area (Å²) in [5, 5.41) is 0. The smallest absolute Gasteiger partial charge is 0.338 e. The van der Waals surface area contributed by atoms with Crippen LogP contribution in [0.15, 0.2) is 41.5 Å². The standard InChI is InChI=1S/C31H34O11/c1-15-20(34)13-31(42-28(37)19-10-8-7-9-11-19)27-24(30(41-18(4)33)14-38-22(35)12-21(30)40-27)16(2)25(36)26(39-17(3)32)23(15)29(31,5)6/h7-11,16,21,24,26-27H,12-14H2,1-6H3/t16-,21-,24+,26+,27-,30-,31+/m0/s1. The van der Waals surface area contributed by atoms with Crippen molar-refractivity contribution in [1.29, 1.82) is 0 Å². The highest BCUT2D eigenvalue weighted by atomic mass is 16.6. The average Bonchev–Trinajstić information content (AvgIpc) is 3.23. The van der Waals surface area contributed by atoms with Crippen LogP contribution in [-0.4, -0.2) is 71.6 Å². The number of allylic oxidation sites excluding steroid dienone is 1. The molecule has 11 nitrogen and oxygen atoms in total. The van der Waals surface area contributed by atoms with Gasteiger partial charge in [0, 0.05) is 31.1 Å². The quantitative estimate of drug-likeness (QED) is 0.381. The second-order valence-corrected chi connectivity index (χ2v) is 12.1. The van der Waals surface area contributed by atoms with Crippen molar-refractivity contribution in [3.63, 3.8) is 0 Å². The summed E-state index contributed by atoms with van der Waals surface area (Å²) in [5.74, 6) is -5.86. The van der Waals surface area contributed by atoms with Crippen LogP contribution in [0.3, 0.4) is 0 Å². The summed E-state index contributed by atoms with van der Waals surface area (Å²) in [4.78, 5) is 79.2. The zero-order valence-corrected chi connectivity index (χ0v) is 24.4. The van der Waals surface area contributed by atoms with Gasteiger partial charge in [-0.2, -0.15) is 0 Å². The number of esters is 4. The molecule has 42 heavy (non-hydrogen) atoms. The Morgan fingerprint density at radius 2 is 1.64 bits per heavy atom. The third-order valence-electron chi connectivity index (χ3n) is 9.40. The van der Waals surface area contributed by atoms with Crippen molar-refractivity contribution in [2.45, 2.75) is 83.9 Å². The lowest BCUT2D eigenvalue weighted by Crippen LogP contribution is -2.68. The lowest BCUT2D eigenvalue weighted by molar-refractivity contribution is -0.200. The van der Waals surface area contributed by atoms with Crippen LogP contribution in [0.25, 0.3) is 0 Å². The van der Waals surface area contributed by atoms with Gasteiger partial charge in [0.25, 0.3) is 0 Å². The van der Waals surface area contributed by atoms with Crippen molar-refractivity contribution < 1.29 is 52.5 Å². The average molecular weight is 583 g/mol. The largest absolute Gasteiger partial charge is 0.461 e. The third kappa shape index (κ3) is 4.28. The molecule has 0 radical (unpaired) electrons. The predicted octanol–water partition coefficient (Wildman–Crippen LogP) is 2.68. The van der Waals surface area contributed by atoms with Crippen LogP contribution in [-0.2, 0) is 47.7 Å². The van der Waals surface area contributed by atoms with Crippen LogP contribution in [0.1, 0.15) is 64.7 Å². The zero-order valence-electron chi connectivity index (χ0n) is 24.4. The first-order chi connectivity index (χ1) is 19.7. The van der Waals surface area contributed by atoms with Gasteiger partial charge in [0.1, 0.15) is 18.8 Å². The number of fused-ring (bicyclic) bond motifs is 6. The molecule has 5 rings (SSSR count). The van der Waals surface area contributed by atoms with Crippen molar-refractivity contribution in [3.05, 3.63) is 47.0 Å². The highest BCUT2D eigenvalue weighted by Gasteiger charge is 2.75. The molecule has 1 aromatic rings. The van der Waals surface area contributed by atoms with E-state index in [2.05, 4.69) is 0 Å². The van der Waals surface area contributed by atoms with E-state index in [0.717, 1.165) is 6.92 Å². The molecule has 0 N–H and O–H groups in total. The fourth-order valence-corrected chi connectivity index (χ4v) is 7.46. The monoisotopic (exact) mass is 582 g/mol.